The van der Waals surface area contributed by atoms with Gasteiger partial charge in [-0.3, -0.25) is 4.79 Å². The van der Waals surface area contributed by atoms with Crippen molar-refractivity contribution in [3.63, 3.8) is 0 Å². The second-order valence-electron chi connectivity index (χ2n) is 6.47. The first-order chi connectivity index (χ1) is 9.74. The van der Waals surface area contributed by atoms with E-state index in [1.54, 1.807) is 0 Å². The number of anilines is 1. The van der Waals surface area contributed by atoms with Crippen molar-refractivity contribution in [1.82, 2.24) is 9.88 Å². The van der Waals surface area contributed by atoms with Gasteiger partial charge in [0.15, 0.2) is 0 Å². The maximum Gasteiger partial charge on any atom is 0.254 e. The van der Waals surface area contributed by atoms with E-state index < -0.39 is 0 Å². The van der Waals surface area contributed by atoms with Crippen molar-refractivity contribution in [3.05, 3.63) is 23.4 Å². The van der Waals surface area contributed by atoms with Crippen LogP contribution in [-0.2, 0) is 5.41 Å². The predicted octanol–water partition coefficient (Wildman–Crippen LogP) is 3.68. The van der Waals surface area contributed by atoms with Crippen LogP contribution in [0.2, 0.25) is 0 Å². The van der Waals surface area contributed by atoms with Gasteiger partial charge >= 0.3 is 0 Å². The predicted molar refractivity (Wildman–Crippen MR) is 88.9 cm³/mol. The van der Waals surface area contributed by atoms with Gasteiger partial charge in [-0.1, -0.05) is 27.7 Å². The molecule has 1 N–H and O–H groups in total. The Balaban J connectivity index is 3.25. The van der Waals surface area contributed by atoms with Crippen LogP contribution in [0, 0.1) is 0 Å². The molecule has 0 aliphatic rings. The van der Waals surface area contributed by atoms with Gasteiger partial charge in [-0.15, -0.1) is 0 Å². The first kappa shape index (κ1) is 17.5. The normalized spacial score (nSPS) is 12.9. The summed E-state index contributed by atoms with van der Waals surface area (Å²) in [5, 5.41) is 3.05. The van der Waals surface area contributed by atoms with Gasteiger partial charge in [-0.25, -0.2) is 4.98 Å². The Morgan fingerprint density at radius 1 is 1.33 bits per heavy atom. The minimum absolute atomic E-state index is 0.0799. The maximum atomic E-state index is 12.8. The fourth-order valence-corrected chi connectivity index (χ4v) is 2.21. The summed E-state index contributed by atoms with van der Waals surface area (Å²) in [5.41, 5.74) is 1.55. The molecule has 0 saturated carbocycles. The van der Waals surface area contributed by atoms with Crippen molar-refractivity contribution >= 4 is 11.7 Å². The minimum Gasteiger partial charge on any atom is -0.373 e. The molecule has 0 aliphatic carbocycles. The number of aromatic nitrogens is 1. The van der Waals surface area contributed by atoms with Crippen molar-refractivity contribution in [2.75, 3.05) is 18.9 Å². The van der Waals surface area contributed by atoms with Crippen LogP contribution in [0.1, 0.15) is 64.0 Å². The number of pyridine rings is 1. The molecule has 4 heteroatoms. The van der Waals surface area contributed by atoms with Crippen molar-refractivity contribution in [1.29, 1.82) is 0 Å². The first-order valence-electron chi connectivity index (χ1n) is 7.75. The molecule has 1 rings (SSSR count). The molecule has 1 aromatic rings. The molecule has 1 heterocycles. The molecular formula is C17H29N3O. The Hall–Kier alpha value is -1.58. The van der Waals surface area contributed by atoms with Crippen LogP contribution in [0.15, 0.2) is 12.1 Å². The highest BCUT2D eigenvalue weighted by Crippen LogP contribution is 2.24. The SMILES string of the molecule is CCC(C)N(CC)C(=O)c1cc(NC)nc(C(C)(C)C)c1. The Labute approximate surface area is 129 Å². The number of carbonyl (C=O) groups excluding carboxylic acids is 1. The molecule has 21 heavy (non-hydrogen) atoms. The van der Waals surface area contributed by atoms with E-state index in [4.69, 9.17) is 0 Å². The third-order valence-corrected chi connectivity index (χ3v) is 3.82. The van der Waals surface area contributed by atoms with Crippen molar-refractivity contribution in [2.24, 2.45) is 0 Å². The van der Waals surface area contributed by atoms with Crippen LogP contribution in [0.25, 0.3) is 0 Å². The molecule has 0 aliphatic heterocycles. The molecule has 1 unspecified atom stereocenters. The van der Waals surface area contributed by atoms with E-state index in [0.717, 1.165) is 24.5 Å². The molecule has 0 bridgehead atoms. The molecular weight excluding hydrogens is 262 g/mol. The summed E-state index contributed by atoms with van der Waals surface area (Å²) in [4.78, 5) is 19.3. The number of nitrogens with zero attached hydrogens (tertiary/aromatic N) is 2. The highest BCUT2D eigenvalue weighted by Gasteiger charge is 2.23. The Kier molecular flexibility index (Phi) is 5.76. The molecule has 0 spiro atoms. The number of hydrogen-bond donors (Lipinski definition) is 1. The summed E-state index contributed by atoms with van der Waals surface area (Å²) >= 11 is 0. The Bertz CT molecular complexity index is 491. The molecule has 0 aromatic carbocycles. The molecule has 1 aromatic heterocycles. The lowest BCUT2D eigenvalue weighted by Gasteiger charge is -2.28. The Morgan fingerprint density at radius 3 is 2.38 bits per heavy atom. The lowest BCUT2D eigenvalue weighted by molar-refractivity contribution is 0.0699. The van der Waals surface area contributed by atoms with Gasteiger partial charge in [0.1, 0.15) is 5.82 Å². The van der Waals surface area contributed by atoms with Crippen LogP contribution in [0.4, 0.5) is 5.82 Å². The maximum absolute atomic E-state index is 12.8. The van der Waals surface area contributed by atoms with E-state index in [1.807, 2.05) is 31.0 Å². The van der Waals surface area contributed by atoms with Crippen LogP contribution in [-0.4, -0.2) is 35.4 Å². The smallest absolute Gasteiger partial charge is 0.254 e. The fraction of sp³-hybridized carbons (Fsp3) is 0.647. The van der Waals surface area contributed by atoms with Gasteiger partial charge < -0.3 is 10.2 Å². The standard InChI is InChI=1S/C17H29N3O/c1-8-12(3)20(9-2)16(21)13-10-14(17(4,5)6)19-15(11-13)18-7/h10-12H,8-9H2,1-7H3,(H,18,19). The average Bonchev–Trinajstić information content (AvgIpc) is 2.46. The zero-order chi connectivity index (χ0) is 16.2. The highest BCUT2D eigenvalue weighted by atomic mass is 16.2. The first-order valence-corrected chi connectivity index (χ1v) is 7.75. The number of hydrogen-bond acceptors (Lipinski definition) is 3. The number of nitrogens with one attached hydrogen (secondary N) is 1. The molecule has 118 valence electrons. The van der Waals surface area contributed by atoms with Crippen molar-refractivity contribution in [3.8, 4) is 0 Å². The highest BCUT2D eigenvalue weighted by molar-refractivity contribution is 5.95. The Morgan fingerprint density at radius 2 is 1.95 bits per heavy atom. The average molecular weight is 291 g/mol. The van der Waals surface area contributed by atoms with Crippen LogP contribution in [0.5, 0.6) is 0 Å². The van der Waals surface area contributed by atoms with Crippen molar-refractivity contribution in [2.45, 2.75) is 59.4 Å². The summed E-state index contributed by atoms with van der Waals surface area (Å²) in [5.74, 6) is 0.822. The van der Waals surface area contributed by atoms with E-state index in [2.05, 4.69) is 44.9 Å². The molecule has 1 atom stereocenters. The molecule has 0 saturated heterocycles. The topological polar surface area (TPSA) is 45.2 Å². The third kappa shape index (κ3) is 4.19. The van der Waals surface area contributed by atoms with E-state index in [1.165, 1.54) is 0 Å². The van der Waals surface area contributed by atoms with Gasteiger partial charge in [0, 0.05) is 36.3 Å². The van der Waals surface area contributed by atoms with Crippen LogP contribution < -0.4 is 5.32 Å². The summed E-state index contributed by atoms with van der Waals surface area (Å²) in [6, 6.07) is 4.00. The van der Waals surface area contributed by atoms with E-state index in [-0.39, 0.29) is 17.4 Å². The molecule has 1 amide bonds. The zero-order valence-electron chi connectivity index (χ0n) is 14.4. The zero-order valence-corrected chi connectivity index (χ0v) is 14.4. The quantitative estimate of drug-likeness (QED) is 0.900. The molecule has 0 radical (unpaired) electrons. The van der Waals surface area contributed by atoms with E-state index in [9.17, 15) is 4.79 Å². The summed E-state index contributed by atoms with van der Waals surface area (Å²) in [7, 11) is 1.83. The van der Waals surface area contributed by atoms with E-state index in [0.29, 0.717) is 5.56 Å². The third-order valence-electron chi connectivity index (χ3n) is 3.82. The van der Waals surface area contributed by atoms with Gasteiger partial charge in [-0.05, 0) is 32.4 Å². The lowest BCUT2D eigenvalue weighted by Crippen LogP contribution is -2.38. The molecule has 0 fully saturated rings. The van der Waals surface area contributed by atoms with Crippen molar-refractivity contribution < 1.29 is 4.79 Å². The lowest BCUT2D eigenvalue weighted by atomic mass is 9.90. The second kappa shape index (κ2) is 6.92. The monoisotopic (exact) mass is 291 g/mol. The molecule has 4 nitrogen and oxygen atoms in total. The van der Waals surface area contributed by atoms with Gasteiger partial charge in [0.25, 0.3) is 5.91 Å². The number of amides is 1. The summed E-state index contributed by atoms with van der Waals surface area (Å²) < 4.78 is 0. The van der Waals surface area contributed by atoms with E-state index >= 15 is 0 Å². The fourth-order valence-electron chi connectivity index (χ4n) is 2.21. The van der Waals surface area contributed by atoms with Crippen LogP contribution in [0.3, 0.4) is 0 Å². The number of rotatable bonds is 5. The minimum atomic E-state index is -0.0880. The summed E-state index contributed by atoms with van der Waals surface area (Å²) in [6.45, 7) is 13.3. The van der Waals surface area contributed by atoms with Crippen LogP contribution >= 0.6 is 0 Å². The second-order valence-corrected chi connectivity index (χ2v) is 6.47. The summed E-state index contributed by atoms with van der Waals surface area (Å²) in [6.07, 6.45) is 0.954. The largest absolute Gasteiger partial charge is 0.373 e. The van der Waals surface area contributed by atoms with Gasteiger partial charge in [-0.2, -0.15) is 0 Å². The number of carbonyl (C=O) groups is 1. The van der Waals surface area contributed by atoms with Gasteiger partial charge in [0.05, 0.1) is 0 Å². The van der Waals surface area contributed by atoms with Gasteiger partial charge in [0.2, 0.25) is 0 Å².